The summed E-state index contributed by atoms with van der Waals surface area (Å²) in [6, 6.07) is 5.29. The lowest BCUT2D eigenvalue weighted by molar-refractivity contribution is 0.0705. The summed E-state index contributed by atoms with van der Waals surface area (Å²) in [4.78, 5) is 18.3. The first kappa shape index (κ1) is 13.1. The molecule has 0 aliphatic carbocycles. The van der Waals surface area contributed by atoms with Gasteiger partial charge in [-0.25, -0.2) is 4.98 Å². The largest absolute Gasteiger partial charge is 0.338 e. The number of likely N-dealkylation sites (tertiary alicyclic amines) is 1. The Kier molecular flexibility index (Phi) is 3.69. The van der Waals surface area contributed by atoms with Crippen molar-refractivity contribution in [3.8, 4) is 0 Å². The number of rotatable bonds is 2. The summed E-state index contributed by atoms with van der Waals surface area (Å²) in [5.74, 6) is 0.339. The number of amides is 1. The summed E-state index contributed by atoms with van der Waals surface area (Å²) in [5, 5.41) is 7.32. The number of H-pyrrole nitrogens is 1. The van der Waals surface area contributed by atoms with Crippen molar-refractivity contribution in [3.63, 3.8) is 0 Å². The van der Waals surface area contributed by atoms with Crippen LogP contribution in [0, 0.1) is 0 Å². The molecule has 3 heterocycles. The quantitative estimate of drug-likeness (QED) is 0.864. The molecule has 1 aliphatic heterocycles. The fourth-order valence-corrected chi connectivity index (χ4v) is 2.80. The zero-order valence-corrected chi connectivity index (χ0v) is 11.7. The standard InChI is InChI=1S/C14H15ClN4O/c15-13-8-10(3-5-16-13)14(20)19-7-1-2-11(9-19)12-4-6-17-18-12/h3-6,8,11H,1-2,7,9H2,(H,17,18). The predicted molar refractivity (Wildman–Crippen MR) is 75.7 cm³/mol. The number of aromatic nitrogens is 3. The van der Waals surface area contributed by atoms with Crippen LogP contribution in [0.1, 0.15) is 34.8 Å². The first-order valence-electron chi connectivity index (χ1n) is 6.64. The zero-order valence-electron chi connectivity index (χ0n) is 10.9. The van der Waals surface area contributed by atoms with E-state index in [2.05, 4.69) is 15.2 Å². The molecule has 1 N–H and O–H groups in total. The fourth-order valence-electron chi connectivity index (χ4n) is 2.63. The van der Waals surface area contributed by atoms with E-state index in [-0.39, 0.29) is 5.91 Å². The molecule has 2 aromatic heterocycles. The fraction of sp³-hybridized carbons (Fsp3) is 0.357. The van der Waals surface area contributed by atoms with Crippen molar-refractivity contribution in [1.29, 1.82) is 0 Å². The van der Waals surface area contributed by atoms with E-state index in [0.29, 0.717) is 23.2 Å². The van der Waals surface area contributed by atoms with Crippen LogP contribution < -0.4 is 0 Å². The molecule has 1 aliphatic rings. The van der Waals surface area contributed by atoms with Gasteiger partial charge in [0.1, 0.15) is 5.15 Å². The number of hydrogen-bond donors (Lipinski definition) is 1. The second kappa shape index (κ2) is 5.63. The summed E-state index contributed by atoms with van der Waals surface area (Å²) in [6.07, 6.45) is 5.38. The molecular formula is C14H15ClN4O. The van der Waals surface area contributed by atoms with Crippen LogP contribution in [0.5, 0.6) is 0 Å². The molecule has 3 rings (SSSR count). The molecule has 5 nitrogen and oxygen atoms in total. The Morgan fingerprint density at radius 2 is 2.30 bits per heavy atom. The van der Waals surface area contributed by atoms with Crippen molar-refractivity contribution in [3.05, 3.63) is 47.0 Å². The molecule has 1 amide bonds. The number of pyridine rings is 1. The SMILES string of the molecule is O=C(c1ccnc(Cl)c1)N1CCCC(c2ccn[nH]2)C1. The van der Waals surface area contributed by atoms with Gasteiger partial charge in [0.05, 0.1) is 0 Å². The lowest BCUT2D eigenvalue weighted by Gasteiger charge is -2.32. The third-order valence-electron chi connectivity index (χ3n) is 3.64. The van der Waals surface area contributed by atoms with Gasteiger partial charge in [-0.3, -0.25) is 9.89 Å². The van der Waals surface area contributed by atoms with E-state index in [4.69, 9.17) is 11.6 Å². The van der Waals surface area contributed by atoms with E-state index in [1.165, 1.54) is 0 Å². The second-order valence-corrected chi connectivity index (χ2v) is 5.36. The zero-order chi connectivity index (χ0) is 13.9. The molecule has 0 bridgehead atoms. The summed E-state index contributed by atoms with van der Waals surface area (Å²) in [6.45, 7) is 1.49. The maximum absolute atomic E-state index is 12.5. The number of nitrogens with one attached hydrogen (secondary N) is 1. The van der Waals surface area contributed by atoms with Gasteiger partial charge in [0.25, 0.3) is 5.91 Å². The Bertz CT molecular complexity index is 599. The van der Waals surface area contributed by atoms with Crippen LogP contribution in [0.15, 0.2) is 30.6 Å². The molecule has 6 heteroatoms. The minimum Gasteiger partial charge on any atom is -0.338 e. The van der Waals surface area contributed by atoms with Crippen molar-refractivity contribution in [2.45, 2.75) is 18.8 Å². The monoisotopic (exact) mass is 290 g/mol. The Morgan fingerprint density at radius 1 is 1.40 bits per heavy atom. The average molecular weight is 291 g/mol. The number of nitrogens with zero attached hydrogens (tertiary/aromatic N) is 3. The van der Waals surface area contributed by atoms with Gasteiger partial charge in [-0.2, -0.15) is 5.10 Å². The highest BCUT2D eigenvalue weighted by molar-refractivity contribution is 6.29. The summed E-state index contributed by atoms with van der Waals surface area (Å²) >= 11 is 5.84. The lowest BCUT2D eigenvalue weighted by atomic mass is 9.94. The normalized spacial score (nSPS) is 19.1. The highest BCUT2D eigenvalue weighted by Gasteiger charge is 2.26. The number of aromatic amines is 1. The van der Waals surface area contributed by atoms with Crippen molar-refractivity contribution < 1.29 is 4.79 Å². The van der Waals surface area contributed by atoms with Gasteiger partial charge in [-0.1, -0.05) is 11.6 Å². The maximum atomic E-state index is 12.5. The Balaban J connectivity index is 1.75. The van der Waals surface area contributed by atoms with Gasteiger partial charge in [-0.05, 0) is 31.0 Å². The molecule has 1 unspecified atom stereocenters. The Morgan fingerprint density at radius 3 is 3.05 bits per heavy atom. The average Bonchev–Trinajstić information content (AvgIpc) is 3.01. The van der Waals surface area contributed by atoms with Gasteiger partial charge >= 0.3 is 0 Å². The Hall–Kier alpha value is -1.88. The number of piperidine rings is 1. The molecule has 1 atom stereocenters. The van der Waals surface area contributed by atoms with E-state index in [1.54, 1.807) is 24.5 Å². The third kappa shape index (κ3) is 2.67. The number of carbonyl (C=O) groups is 1. The highest BCUT2D eigenvalue weighted by atomic mass is 35.5. The van der Waals surface area contributed by atoms with Crippen LogP contribution in [0.25, 0.3) is 0 Å². The predicted octanol–water partition coefficient (Wildman–Crippen LogP) is 2.48. The van der Waals surface area contributed by atoms with Gasteiger partial charge in [0.2, 0.25) is 0 Å². The van der Waals surface area contributed by atoms with E-state index in [1.807, 2.05) is 11.0 Å². The molecule has 1 fully saturated rings. The molecule has 20 heavy (non-hydrogen) atoms. The van der Waals surface area contributed by atoms with Crippen LogP contribution in [-0.2, 0) is 0 Å². The van der Waals surface area contributed by atoms with E-state index in [0.717, 1.165) is 25.1 Å². The highest BCUT2D eigenvalue weighted by Crippen LogP contribution is 2.26. The molecule has 0 aromatic carbocycles. The van der Waals surface area contributed by atoms with Gasteiger partial charge in [-0.15, -0.1) is 0 Å². The topological polar surface area (TPSA) is 61.9 Å². The summed E-state index contributed by atoms with van der Waals surface area (Å²) < 4.78 is 0. The molecular weight excluding hydrogens is 276 g/mol. The second-order valence-electron chi connectivity index (χ2n) is 4.97. The van der Waals surface area contributed by atoms with E-state index in [9.17, 15) is 4.79 Å². The third-order valence-corrected chi connectivity index (χ3v) is 3.85. The van der Waals surface area contributed by atoms with Crippen molar-refractivity contribution >= 4 is 17.5 Å². The van der Waals surface area contributed by atoms with Crippen LogP contribution in [0.3, 0.4) is 0 Å². The molecule has 0 spiro atoms. The molecule has 1 saturated heterocycles. The van der Waals surface area contributed by atoms with Crippen LogP contribution in [0.4, 0.5) is 0 Å². The molecule has 0 saturated carbocycles. The van der Waals surface area contributed by atoms with Crippen LogP contribution in [-0.4, -0.2) is 39.1 Å². The smallest absolute Gasteiger partial charge is 0.254 e. The van der Waals surface area contributed by atoms with Crippen molar-refractivity contribution in [1.82, 2.24) is 20.1 Å². The minimum atomic E-state index is 0.0125. The number of carbonyl (C=O) groups excluding carboxylic acids is 1. The molecule has 0 radical (unpaired) electrons. The minimum absolute atomic E-state index is 0.0125. The number of halogens is 1. The first-order chi connectivity index (χ1) is 9.74. The van der Waals surface area contributed by atoms with Crippen molar-refractivity contribution in [2.75, 3.05) is 13.1 Å². The van der Waals surface area contributed by atoms with Crippen LogP contribution >= 0.6 is 11.6 Å². The molecule has 2 aromatic rings. The van der Waals surface area contributed by atoms with Gasteiger partial charge in [0, 0.05) is 42.7 Å². The van der Waals surface area contributed by atoms with Gasteiger partial charge < -0.3 is 4.90 Å². The van der Waals surface area contributed by atoms with Crippen molar-refractivity contribution in [2.24, 2.45) is 0 Å². The van der Waals surface area contributed by atoms with E-state index < -0.39 is 0 Å². The van der Waals surface area contributed by atoms with Crippen LogP contribution in [0.2, 0.25) is 5.15 Å². The van der Waals surface area contributed by atoms with Gasteiger partial charge in [0.15, 0.2) is 0 Å². The summed E-state index contributed by atoms with van der Waals surface area (Å²) in [5.41, 5.74) is 1.69. The first-order valence-corrected chi connectivity index (χ1v) is 7.02. The summed E-state index contributed by atoms with van der Waals surface area (Å²) in [7, 11) is 0. The maximum Gasteiger partial charge on any atom is 0.254 e. The molecule has 104 valence electrons. The number of hydrogen-bond acceptors (Lipinski definition) is 3. The lowest BCUT2D eigenvalue weighted by Crippen LogP contribution is -2.39. The Labute approximate surface area is 122 Å². The van der Waals surface area contributed by atoms with E-state index >= 15 is 0 Å².